The highest BCUT2D eigenvalue weighted by Gasteiger charge is 2.20. The Balaban J connectivity index is 0.00000208. The molecular weight excluding hydrogens is 353 g/mol. The van der Waals surface area contributed by atoms with Gasteiger partial charge in [0.2, 0.25) is 0 Å². The van der Waals surface area contributed by atoms with E-state index in [0.717, 1.165) is 24.3 Å². The summed E-state index contributed by atoms with van der Waals surface area (Å²) < 4.78 is 19.6. The third-order valence-electron chi connectivity index (χ3n) is 3.68. The number of benzene rings is 1. The molecule has 0 radical (unpaired) electrons. The predicted molar refractivity (Wildman–Crippen MR) is 94.7 cm³/mol. The zero-order chi connectivity index (χ0) is 16.2. The number of nitrogens with one attached hydrogen (secondary N) is 1. The number of nitrogens with two attached hydrogens (primary N) is 1. The molecule has 3 N–H and O–H groups in total. The number of anilines is 1. The molecule has 1 amide bonds. The van der Waals surface area contributed by atoms with Crippen molar-refractivity contribution in [1.82, 2.24) is 4.98 Å². The molecule has 1 aromatic carbocycles. The average molecular weight is 372 g/mol. The largest absolute Gasteiger partial charge is 0.487 e. The maximum absolute atomic E-state index is 14.0. The molecule has 1 fully saturated rings. The van der Waals surface area contributed by atoms with Crippen LogP contribution in [0.4, 0.5) is 10.1 Å². The van der Waals surface area contributed by atoms with Crippen LogP contribution in [-0.4, -0.2) is 23.5 Å². The Morgan fingerprint density at radius 3 is 2.88 bits per heavy atom. The number of thiazole rings is 1. The van der Waals surface area contributed by atoms with Crippen molar-refractivity contribution >= 4 is 35.3 Å². The van der Waals surface area contributed by atoms with Gasteiger partial charge in [0.05, 0.1) is 11.1 Å². The minimum absolute atomic E-state index is 0. The van der Waals surface area contributed by atoms with Crippen molar-refractivity contribution in [1.29, 1.82) is 0 Å². The molecule has 0 bridgehead atoms. The molecule has 1 aliphatic carbocycles. The lowest BCUT2D eigenvalue weighted by molar-refractivity contribution is 0.102. The van der Waals surface area contributed by atoms with E-state index in [4.69, 9.17) is 10.5 Å². The van der Waals surface area contributed by atoms with Crippen LogP contribution in [-0.2, 0) is 6.42 Å². The Morgan fingerprint density at radius 1 is 1.46 bits per heavy atom. The van der Waals surface area contributed by atoms with Gasteiger partial charge < -0.3 is 15.8 Å². The van der Waals surface area contributed by atoms with Gasteiger partial charge in [0.15, 0.2) is 11.6 Å². The van der Waals surface area contributed by atoms with Gasteiger partial charge in [0.1, 0.15) is 5.69 Å². The quantitative estimate of drug-likeness (QED) is 0.815. The van der Waals surface area contributed by atoms with Gasteiger partial charge in [-0.05, 0) is 37.9 Å². The Morgan fingerprint density at radius 2 is 2.25 bits per heavy atom. The lowest BCUT2D eigenvalue weighted by atomic mass is 9.96. The van der Waals surface area contributed by atoms with Crippen LogP contribution in [0.5, 0.6) is 5.75 Å². The first-order valence-corrected chi connectivity index (χ1v) is 8.45. The van der Waals surface area contributed by atoms with Crippen molar-refractivity contribution < 1.29 is 13.9 Å². The predicted octanol–water partition coefficient (Wildman–Crippen LogP) is 3.39. The van der Waals surface area contributed by atoms with Crippen molar-refractivity contribution in [2.45, 2.75) is 31.8 Å². The molecule has 1 saturated carbocycles. The molecule has 0 spiro atoms. The van der Waals surface area contributed by atoms with E-state index < -0.39 is 5.82 Å². The molecule has 130 valence electrons. The fourth-order valence-electron chi connectivity index (χ4n) is 2.19. The van der Waals surface area contributed by atoms with Crippen LogP contribution in [0, 0.1) is 5.82 Å². The first-order valence-electron chi connectivity index (χ1n) is 7.57. The van der Waals surface area contributed by atoms with Crippen LogP contribution >= 0.6 is 23.7 Å². The molecule has 8 heteroatoms. The molecule has 1 aromatic heterocycles. The number of carbonyl (C=O) groups is 1. The van der Waals surface area contributed by atoms with Gasteiger partial charge in [0, 0.05) is 23.6 Å². The molecule has 0 aliphatic heterocycles. The third-order valence-corrected chi connectivity index (χ3v) is 4.59. The second kappa shape index (κ2) is 8.41. The van der Waals surface area contributed by atoms with Crippen LogP contribution in [0.3, 0.4) is 0 Å². The van der Waals surface area contributed by atoms with Gasteiger partial charge in [-0.2, -0.15) is 0 Å². The Bertz CT molecular complexity index is 706. The van der Waals surface area contributed by atoms with Crippen LogP contribution in [0.1, 0.15) is 34.8 Å². The molecule has 1 aliphatic rings. The first kappa shape index (κ1) is 18.6. The summed E-state index contributed by atoms with van der Waals surface area (Å²) in [6.45, 7) is 0.488. The van der Waals surface area contributed by atoms with Gasteiger partial charge in [-0.15, -0.1) is 23.7 Å². The summed E-state index contributed by atoms with van der Waals surface area (Å²) in [5, 5.41) is 5.13. The number of hydrogen-bond donors (Lipinski definition) is 2. The van der Waals surface area contributed by atoms with Gasteiger partial charge >= 0.3 is 0 Å². The summed E-state index contributed by atoms with van der Waals surface area (Å²) in [5.41, 5.74) is 6.15. The van der Waals surface area contributed by atoms with Crippen LogP contribution in [0.2, 0.25) is 0 Å². The van der Waals surface area contributed by atoms with Gasteiger partial charge in [-0.25, -0.2) is 9.37 Å². The van der Waals surface area contributed by atoms with Crippen molar-refractivity contribution in [3.8, 4) is 5.75 Å². The minimum Gasteiger partial charge on any atom is -0.487 e. The third kappa shape index (κ3) is 4.43. The van der Waals surface area contributed by atoms with Crippen LogP contribution in [0.25, 0.3) is 0 Å². The Hall–Kier alpha value is -1.70. The molecule has 0 atom stereocenters. The molecule has 0 saturated heterocycles. The van der Waals surface area contributed by atoms with Crippen molar-refractivity contribution in [3.63, 3.8) is 0 Å². The standard InChI is InChI=1S/C16H18FN3O2S.ClH/c17-12-8-10(4-5-14(12)22-11-2-1-3-11)19-16(21)13-9-23-15(20-13)6-7-18;/h4-5,8-9,11H,1-3,6-7,18H2,(H,19,21);1H. The molecule has 24 heavy (non-hydrogen) atoms. The average Bonchev–Trinajstić information content (AvgIpc) is 2.94. The highest BCUT2D eigenvalue weighted by atomic mass is 35.5. The minimum atomic E-state index is -0.475. The number of halogens is 2. The van der Waals surface area contributed by atoms with E-state index in [-0.39, 0.29) is 30.2 Å². The fraction of sp³-hybridized carbons (Fsp3) is 0.375. The van der Waals surface area contributed by atoms with E-state index in [1.165, 1.54) is 17.4 Å². The SMILES string of the molecule is Cl.NCCc1nc(C(=O)Nc2ccc(OC3CCC3)c(F)c2)cs1. The zero-order valence-corrected chi connectivity index (χ0v) is 14.6. The van der Waals surface area contributed by atoms with Gasteiger partial charge in [-0.1, -0.05) is 0 Å². The van der Waals surface area contributed by atoms with E-state index in [1.54, 1.807) is 17.5 Å². The number of rotatable bonds is 6. The molecule has 3 rings (SSSR count). The molecule has 0 unspecified atom stereocenters. The number of ether oxygens (including phenoxy) is 1. The Labute approximate surface area is 149 Å². The van der Waals surface area contributed by atoms with Gasteiger partial charge in [-0.3, -0.25) is 4.79 Å². The summed E-state index contributed by atoms with van der Waals surface area (Å²) in [7, 11) is 0. The zero-order valence-electron chi connectivity index (χ0n) is 13.0. The second-order valence-electron chi connectivity index (χ2n) is 5.44. The maximum atomic E-state index is 14.0. The molecular formula is C16H19ClFN3O2S. The number of carbonyl (C=O) groups excluding carboxylic acids is 1. The van der Waals surface area contributed by atoms with Crippen molar-refractivity contribution in [2.75, 3.05) is 11.9 Å². The fourth-order valence-corrected chi connectivity index (χ4v) is 2.99. The van der Waals surface area contributed by atoms with E-state index in [2.05, 4.69) is 10.3 Å². The highest BCUT2D eigenvalue weighted by molar-refractivity contribution is 7.09. The molecule has 2 aromatic rings. The van der Waals surface area contributed by atoms with E-state index in [9.17, 15) is 9.18 Å². The lowest BCUT2D eigenvalue weighted by Crippen LogP contribution is -2.25. The molecule has 5 nitrogen and oxygen atoms in total. The molecule has 1 heterocycles. The van der Waals surface area contributed by atoms with E-state index >= 15 is 0 Å². The van der Waals surface area contributed by atoms with E-state index in [0.29, 0.717) is 24.3 Å². The smallest absolute Gasteiger partial charge is 0.275 e. The summed E-state index contributed by atoms with van der Waals surface area (Å²) in [6, 6.07) is 4.44. The van der Waals surface area contributed by atoms with Gasteiger partial charge in [0.25, 0.3) is 5.91 Å². The number of amides is 1. The number of aromatic nitrogens is 1. The topological polar surface area (TPSA) is 77.2 Å². The first-order chi connectivity index (χ1) is 11.2. The number of hydrogen-bond acceptors (Lipinski definition) is 5. The van der Waals surface area contributed by atoms with Crippen LogP contribution < -0.4 is 15.8 Å². The monoisotopic (exact) mass is 371 g/mol. The van der Waals surface area contributed by atoms with Crippen molar-refractivity contribution in [3.05, 3.63) is 40.1 Å². The number of nitrogens with zero attached hydrogens (tertiary/aromatic N) is 1. The normalized spacial score (nSPS) is 13.8. The van der Waals surface area contributed by atoms with E-state index in [1.807, 2.05) is 0 Å². The highest BCUT2D eigenvalue weighted by Crippen LogP contribution is 2.28. The Kier molecular flexibility index (Phi) is 6.53. The summed E-state index contributed by atoms with van der Waals surface area (Å²) in [4.78, 5) is 16.3. The maximum Gasteiger partial charge on any atom is 0.275 e. The summed E-state index contributed by atoms with van der Waals surface area (Å²) in [6.07, 6.45) is 3.81. The van der Waals surface area contributed by atoms with Crippen molar-refractivity contribution in [2.24, 2.45) is 5.73 Å². The second-order valence-corrected chi connectivity index (χ2v) is 6.38. The summed E-state index contributed by atoms with van der Waals surface area (Å²) in [5.74, 6) is -0.611. The van der Waals surface area contributed by atoms with Crippen LogP contribution in [0.15, 0.2) is 23.6 Å². The summed E-state index contributed by atoms with van der Waals surface area (Å²) >= 11 is 1.39. The lowest BCUT2D eigenvalue weighted by Gasteiger charge is -2.26.